The summed E-state index contributed by atoms with van der Waals surface area (Å²) in [6.45, 7) is 6.39. The van der Waals surface area contributed by atoms with Crippen LogP contribution in [0.5, 0.6) is 0 Å². The predicted octanol–water partition coefficient (Wildman–Crippen LogP) is 4.75. The molecule has 0 spiro atoms. The highest BCUT2D eigenvalue weighted by atomic mass is 16.2. The number of benzene rings is 3. The fourth-order valence-electron chi connectivity index (χ4n) is 4.38. The van der Waals surface area contributed by atoms with Crippen LogP contribution in [0.15, 0.2) is 78.9 Å². The first-order valence-corrected chi connectivity index (χ1v) is 11.9. The molecule has 6 heteroatoms. The molecule has 1 unspecified atom stereocenters. The molecule has 6 nitrogen and oxygen atoms in total. The molecule has 34 heavy (non-hydrogen) atoms. The van der Waals surface area contributed by atoms with Crippen molar-refractivity contribution < 1.29 is 4.79 Å². The monoisotopic (exact) mass is 457 g/mol. The van der Waals surface area contributed by atoms with Crippen LogP contribution in [-0.2, 0) is 0 Å². The summed E-state index contributed by atoms with van der Waals surface area (Å²) in [5.41, 5.74) is 5.62. The summed E-state index contributed by atoms with van der Waals surface area (Å²) in [6.07, 6.45) is 0. The molecule has 0 bridgehead atoms. The third-order valence-electron chi connectivity index (χ3n) is 6.44. The van der Waals surface area contributed by atoms with E-state index in [1.54, 1.807) is 0 Å². The minimum atomic E-state index is -0.179. The van der Waals surface area contributed by atoms with Crippen molar-refractivity contribution >= 4 is 23.1 Å². The first kappa shape index (κ1) is 23.6. The Kier molecular flexibility index (Phi) is 7.70. The maximum absolute atomic E-state index is 12.6. The number of hydrogen-bond acceptors (Lipinski definition) is 4. The number of aryl methyl sites for hydroxylation is 1. The minimum Gasteiger partial charge on any atom is -0.378 e. The number of para-hydroxylation sites is 1. The Balaban J connectivity index is 1.43. The number of amides is 2. The molecule has 1 heterocycles. The first-order valence-electron chi connectivity index (χ1n) is 11.9. The lowest BCUT2D eigenvalue weighted by molar-refractivity contribution is 0.182. The van der Waals surface area contributed by atoms with E-state index in [4.69, 9.17) is 0 Å². The van der Waals surface area contributed by atoms with Gasteiger partial charge in [-0.15, -0.1) is 0 Å². The highest BCUT2D eigenvalue weighted by Crippen LogP contribution is 2.26. The number of anilines is 3. The Hall–Kier alpha value is -3.51. The van der Waals surface area contributed by atoms with Crippen molar-refractivity contribution in [2.75, 3.05) is 61.9 Å². The van der Waals surface area contributed by atoms with Gasteiger partial charge in [0.1, 0.15) is 0 Å². The van der Waals surface area contributed by atoms with Crippen molar-refractivity contribution in [1.82, 2.24) is 10.2 Å². The number of urea groups is 1. The summed E-state index contributed by atoms with van der Waals surface area (Å²) in [5.74, 6) is 0. The van der Waals surface area contributed by atoms with Crippen molar-refractivity contribution in [3.63, 3.8) is 0 Å². The van der Waals surface area contributed by atoms with Gasteiger partial charge in [-0.05, 0) is 48.9 Å². The fraction of sp³-hybridized carbons (Fsp3) is 0.321. The average Bonchev–Trinajstić information content (AvgIpc) is 2.87. The molecule has 0 radical (unpaired) electrons. The van der Waals surface area contributed by atoms with E-state index >= 15 is 0 Å². The van der Waals surface area contributed by atoms with E-state index in [1.807, 2.05) is 45.3 Å². The van der Waals surface area contributed by atoms with Crippen molar-refractivity contribution in [1.29, 1.82) is 0 Å². The third-order valence-corrected chi connectivity index (χ3v) is 6.44. The van der Waals surface area contributed by atoms with E-state index in [2.05, 4.69) is 79.9 Å². The van der Waals surface area contributed by atoms with Crippen LogP contribution in [0.3, 0.4) is 0 Å². The van der Waals surface area contributed by atoms with Gasteiger partial charge in [0, 0.05) is 63.9 Å². The van der Waals surface area contributed by atoms with Gasteiger partial charge in [0.2, 0.25) is 0 Å². The highest BCUT2D eigenvalue weighted by molar-refractivity contribution is 5.89. The van der Waals surface area contributed by atoms with Gasteiger partial charge in [0.15, 0.2) is 0 Å². The molecule has 0 aliphatic carbocycles. The molecule has 1 aliphatic heterocycles. The van der Waals surface area contributed by atoms with Gasteiger partial charge >= 0.3 is 6.03 Å². The first-order chi connectivity index (χ1) is 16.5. The molecular weight excluding hydrogens is 422 g/mol. The van der Waals surface area contributed by atoms with Gasteiger partial charge in [-0.3, -0.25) is 4.90 Å². The van der Waals surface area contributed by atoms with E-state index in [0.717, 1.165) is 31.9 Å². The normalized spacial score (nSPS) is 15.0. The Morgan fingerprint density at radius 3 is 2.15 bits per heavy atom. The largest absolute Gasteiger partial charge is 0.378 e. The Labute approximate surface area is 203 Å². The van der Waals surface area contributed by atoms with Crippen LogP contribution in [0, 0.1) is 6.92 Å². The molecule has 2 amide bonds. The zero-order valence-electron chi connectivity index (χ0n) is 20.4. The molecule has 4 rings (SSSR count). The minimum absolute atomic E-state index is 0.109. The number of hydrogen-bond donors (Lipinski definition) is 2. The molecule has 3 aromatic carbocycles. The Morgan fingerprint density at radius 1 is 0.882 bits per heavy atom. The molecule has 1 aliphatic rings. The van der Waals surface area contributed by atoms with E-state index in [9.17, 15) is 4.79 Å². The van der Waals surface area contributed by atoms with E-state index < -0.39 is 0 Å². The summed E-state index contributed by atoms with van der Waals surface area (Å²) < 4.78 is 0. The smallest absolute Gasteiger partial charge is 0.319 e. The lowest BCUT2D eigenvalue weighted by Gasteiger charge is -2.40. The van der Waals surface area contributed by atoms with Gasteiger partial charge in [-0.2, -0.15) is 0 Å². The van der Waals surface area contributed by atoms with Crippen LogP contribution in [0.25, 0.3) is 0 Å². The van der Waals surface area contributed by atoms with Crippen molar-refractivity contribution in [3.8, 4) is 0 Å². The lowest BCUT2D eigenvalue weighted by atomic mass is 10.0. The summed E-state index contributed by atoms with van der Waals surface area (Å²) in [5, 5.41) is 6.05. The quantitative estimate of drug-likeness (QED) is 0.538. The molecule has 2 N–H and O–H groups in total. The van der Waals surface area contributed by atoms with Crippen molar-refractivity contribution in [2.24, 2.45) is 0 Å². The fourth-order valence-corrected chi connectivity index (χ4v) is 4.38. The van der Waals surface area contributed by atoms with Gasteiger partial charge in [-0.1, -0.05) is 48.0 Å². The number of piperazine rings is 1. The van der Waals surface area contributed by atoms with E-state index in [1.165, 1.54) is 22.5 Å². The second-order valence-corrected chi connectivity index (χ2v) is 9.06. The summed E-state index contributed by atoms with van der Waals surface area (Å²) >= 11 is 0. The third kappa shape index (κ3) is 6.08. The van der Waals surface area contributed by atoms with Gasteiger partial charge in [0.25, 0.3) is 0 Å². The standard InChI is InChI=1S/C28H35N5O/c1-22-9-13-24(14-10-22)30-28(34)29-21-27(23-11-15-25(16-12-23)31(2)3)33-19-17-32(18-20-33)26-7-5-4-6-8-26/h4-16,27H,17-21H2,1-3H3,(H2,29,30,34). The molecule has 1 saturated heterocycles. The number of carbonyl (C=O) groups is 1. The number of carbonyl (C=O) groups excluding carboxylic acids is 1. The van der Waals surface area contributed by atoms with Crippen LogP contribution in [0.1, 0.15) is 17.2 Å². The zero-order chi connectivity index (χ0) is 23.9. The molecule has 1 fully saturated rings. The Morgan fingerprint density at radius 2 is 1.53 bits per heavy atom. The SMILES string of the molecule is Cc1ccc(NC(=O)NCC(c2ccc(N(C)C)cc2)N2CCN(c3ccccc3)CC2)cc1. The van der Waals surface area contributed by atoms with Crippen LogP contribution in [0.4, 0.5) is 21.9 Å². The van der Waals surface area contributed by atoms with Crippen LogP contribution in [0.2, 0.25) is 0 Å². The summed E-state index contributed by atoms with van der Waals surface area (Å²) in [6, 6.07) is 27.0. The predicted molar refractivity (Wildman–Crippen MR) is 142 cm³/mol. The van der Waals surface area contributed by atoms with E-state index in [0.29, 0.717) is 6.54 Å². The second-order valence-electron chi connectivity index (χ2n) is 9.06. The molecular formula is C28H35N5O. The second kappa shape index (κ2) is 11.1. The number of nitrogens with one attached hydrogen (secondary N) is 2. The van der Waals surface area contributed by atoms with Gasteiger partial charge < -0.3 is 20.4 Å². The maximum atomic E-state index is 12.6. The van der Waals surface area contributed by atoms with Crippen LogP contribution >= 0.6 is 0 Å². The van der Waals surface area contributed by atoms with Gasteiger partial charge in [0.05, 0.1) is 6.04 Å². The summed E-state index contributed by atoms with van der Waals surface area (Å²) in [7, 11) is 4.10. The lowest BCUT2D eigenvalue weighted by Crippen LogP contribution is -2.50. The molecule has 0 saturated carbocycles. The highest BCUT2D eigenvalue weighted by Gasteiger charge is 2.26. The van der Waals surface area contributed by atoms with Crippen molar-refractivity contribution in [3.05, 3.63) is 90.0 Å². The summed E-state index contributed by atoms with van der Waals surface area (Å²) in [4.78, 5) is 19.7. The van der Waals surface area contributed by atoms with Crippen molar-refractivity contribution in [2.45, 2.75) is 13.0 Å². The number of rotatable bonds is 7. The molecule has 0 aromatic heterocycles. The topological polar surface area (TPSA) is 50.9 Å². The van der Waals surface area contributed by atoms with Crippen LogP contribution < -0.4 is 20.4 Å². The maximum Gasteiger partial charge on any atom is 0.319 e. The number of nitrogens with zero attached hydrogens (tertiary/aromatic N) is 3. The molecule has 178 valence electrons. The molecule has 1 atom stereocenters. The zero-order valence-corrected chi connectivity index (χ0v) is 20.4. The average molecular weight is 458 g/mol. The van der Waals surface area contributed by atoms with Crippen LogP contribution in [-0.4, -0.2) is 57.8 Å². The molecule has 3 aromatic rings. The Bertz CT molecular complexity index is 1040. The van der Waals surface area contributed by atoms with E-state index in [-0.39, 0.29) is 12.1 Å². The van der Waals surface area contributed by atoms with Gasteiger partial charge in [-0.25, -0.2) is 4.79 Å².